The molecule has 0 aromatic carbocycles. The van der Waals surface area contributed by atoms with Gasteiger partial charge in [-0.3, -0.25) is 9.59 Å². The lowest BCUT2D eigenvalue weighted by molar-refractivity contribution is -0.149. The summed E-state index contributed by atoms with van der Waals surface area (Å²) in [5.41, 5.74) is 0. The first-order valence-corrected chi connectivity index (χ1v) is 7.05. The summed E-state index contributed by atoms with van der Waals surface area (Å²) in [5.74, 6) is 1.09. The van der Waals surface area contributed by atoms with Crippen molar-refractivity contribution >= 4 is 11.9 Å². The van der Waals surface area contributed by atoms with Crippen molar-refractivity contribution in [3.05, 3.63) is 0 Å². The molecule has 2 fully saturated rings. The Morgan fingerprint density at radius 2 is 1.94 bits per heavy atom. The summed E-state index contributed by atoms with van der Waals surface area (Å²) in [6, 6.07) is 0. The Balaban J connectivity index is 1.83. The predicted molar refractivity (Wildman–Crippen MR) is 67.9 cm³/mol. The van der Waals surface area contributed by atoms with Gasteiger partial charge in [0, 0.05) is 13.0 Å². The number of rotatable bonds is 3. The van der Waals surface area contributed by atoms with Crippen molar-refractivity contribution in [1.82, 2.24) is 4.90 Å². The summed E-state index contributed by atoms with van der Waals surface area (Å²) in [7, 11) is 1.36. The number of methoxy groups -OCH3 is 1. The summed E-state index contributed by atoms with van der Waals surface area (Å²) in [6.45, 7) is 0.835. The van der Waals surface area contributed by atoms with Gasteiger partial charge in [0.2, 0.25) is 5.91 Å². The van der Waals surface area contributed by atoms with Gasteiger partial charge in [-0.25, -0.2) is 0 Å². The van der Waals surface area contributed by atoms with Crippen LogP contribution in [0.5, 0.6) is 0 Å². The van der Waals surface area contributed by atoms with Crippen LogP contribution in [0.15, 0.2) is 0 Å². The standard InChI is InChI=1S/C14H23NO3/c1-18-14(17)10-15-8-7-12(9-13(15)16)11-5-3-2-4-6-11/h11-12H,2-10H2,1H3/t12-/m1/s1. The molecule has 4 heteroatoms. The lowest BCUT2D eigenvalue weighted by atomic mass is 9.75. The molecule has 2 aliphatic rings. The van der Waals surface area contributed by atoms with E-state index in [0.29, 0.717) is 12.3 Å². The number of amides is 1. The van der Waals surface area contributed by atoms with Gasteiger partial charge in [-0.2, -0.15) is 0 Å². The molecule has 1 saturated heterocycles. The van der Waals surface area contributed by atoms with Gasteiger partial charge in [-0.15, -0.1) is 0 Å². The third kappa shape index (κ3) is 3.24. The van der Waals surface area contributed by atoms with Crippen LogP contribution in [0, 0.1) is 11.8 Å². The van der Waals surface area contributed by atoms with Gasteiger partial charge in [-0.05, 0) is 18.3 Å². The van der Waals surface area contributed by atoms with E-state index in [9.17, 15) is 9.59 Å². The number of hydrogen-bond donors (Lipinski definition) is 0. The van der Waals surface area contributed by atoms with Crippen LogP contribution in [0.2, 0.25) is 0 Å². The Morgan fingerprint density at radius 1 is 1.22 bits per heavy atom. The Morgan fingerprint density at radius 3 is 2.56 bits per heavy atom. The third-order valence-corrected chi connectivity index (χ3v) is 4.42. The molecule has 0 N–H and O–H groups in total. The zero-order valence-electron chi connectivity index (χ0n) is 11.2. The van der Waals surface area contributed by atoms with Crippen LogP contribution in [0.1, 0.15) is 44.9 Å². The van der Waals surface area contributed by atoms with Crippen molar-refractivity contribution in [3.8, 4) is 0 Å². The first-order chi connectivity index (χ1) is 8.70. The lowest BCUT2D eigenvalue weighted by Crippen LogP contribution is -2.43. The van der Waals surface area contributed by atoms with E-state index in [2.05, 4.69) is 4.74 Å². The van der Waals surface area contributed by atoms with Gasteiger partial charge in [0.25, 0.3) is 0 Å². The molecule has 102 valence electrons. The first-order valence-electron chi connectivity index (χ1n) is 7.05. The van der Waals surface area contributed by atoms with E-state index in [1.165, 1.54) is 39.2 Å². The molecular weight excluding hydrogens is 230 g/mol. The zero-order chi connectivity index (χ0) is 13.0. The van der Waals surface area contributed by atoms with E-state index >= 15 is 0 Å². The minimum atomic E-state index is -0.320. The second-order valence-corrected chi connectivity index (χ2v) is 5.54. The number of likely N-dealkylation sites (tertiary alicyclic amines) is 1. The van der Waals surface area contributed by atoms with E-state index in [4.69, 9.17) is 0 Å². The highest BCUT2D eigenvalue weighted by Gasteiger charge is 2.32. The number of hydrogen-bond acceptors (Lipinski definition) is 3. The van der Waals surface area contributed by atoms with Crippen molar-refractivity contribution in [2.75, 3.05) is 20.2 Å². The Kier molecular flexibility index (Phi) is 4.61. The fraction of sp³-hybridized carbons (Fsp3) is 0.857. The van der Waals surface area contributed by atoms with E-state index in [1.54, 1.807) is 4.90 Å². The summed E-state index contributed by atoms with van der Waals surface area (Å²) in [6.07, 6.45) is 8.24. The van der Waals surface area contributed by atoms with Crippen molar-refractivity contribution in [2.45, 2.75) is 44.9 Å². The molecule has 1 heterocycles. The number of carbonyl (C=O) groups is 2. The average molecular weight is 253 g/mol. The molecular formula is C14H23NO3. The first kappa shape index (κ1) is 13.4. The maximum atomic E-state index is 12.0. The van der Waals surface area contributed by atoms with Gasteiger partial charge in [-0.1, -0.05) is 32.1 Å². The van der Waals surface area contributed by atoms with Crippen LogP contribution < -0.4 is 0 Å². The highest BCUT2D eigenvalue weighted by Crippen LogP contribution is 2.35. The fourth-order valence-corrected chi connectivity index (χ4v) is 3.30. The minimum absolute atomic E-state index is 0.118. The largest absolute Gasteiger partial charge is 0.468 e. The van der Waals surface area contributed by atoms with E-state index < -0.39 is 0 Å². The van der Waals surface area contributed by atoms with Crippen LogP contribution >= 0.6 is 0 Å². The normalized spacial score (nSPS) is 26.2. The van der Waals surface area contributed by atoms with Crippen molar-refractivity contribution < 1.29 is 14.3 Å². The van der Waals surface area contributed by atoms with Gasteiger partial charge in [0.05, 0.1) is 7.11 Å². The maximum Gasteiger partial charge on any atom is 0.325 e. The molecule has 0 unspecified atom stereocenters. The maximum absolute atomic E-state index is 12.0. The molecule has 1 aliphatic carbocycles. The van der Waals surface area contributed by atoms with Gasteiger partial charge < -0.3 is 9.64 Å². The summed E-state index contributed by atoms with van der Waals surface area (Å²) < 4.78 is 4.61. The highest BCUT2D eigenvalue weighted by atomic mass is 16.5. The zero-order valence-corrected chi connectivity index (χ0v) is 11.2. The molecule has 1 atom stereocenters. The van der Waals surface area contributed by atoms with Crippen molar-refractivity contribution in [3.63, 3.8) is 0 Å². The number of piperidine rings is 1. The van der Waals surface area contributed by atoms with Crippen LogP contribution in [-0.2, 0) is 14.3 Å². The van der Waals surface area contributed by atoms with Crippen LogP contribution in [-0.4, -0.2) is 37.0 Å². The monoisotopic (exact) mass is 253 g/mol. The van der Waals surface area contributed by atoms with Crippen molar-refractivity contribution in [2.24, 2.45) is 11.8 Å². The second-order valence-electron chi connectivity index (χ2n) is 5.54. The molecule has 2 rings (SSSR count). The van der Waals surface area contributed by atoms with Crippen molar-refractivity contribution in [1.29, 1.82) is 0 Å². The number of esters is 1. The number of carbonyl (C=O) groups excluding carboxylic acids is 2. The smallest absolute Gasteiger partial charge is 0.325 e. The van der Waals surface area contributed by atoms with E-state index in [-0.39, 0.29) is 18.4 Å². The SMILES string of the molecule is COC(=O)CN1CC[C@@H](C2CCCCC2)CC1=O. The Bertz CT molecular complexity index is 310. The predicted octanol–water partition coefficient (Wildman–Crippen LogP) is 1.98. The molecule has 0 radical (unpaired) electrons. The van der Waals surface area contributed by atoms with Gasteiger partial charge >= 0.3 is 5.97 Å². The van der Waals surface area contributed by atoms with E-state index in [1.807, 2.05) is 0 Å². The quantitative estimate of drug-likeness (QED) is 0.722. The average Bonchev–Trinajstić information content (AvgIpc) is 2.42. The molecule has 1 aliphatic heterocycles. The highest BCUT2D eigenvalue weighted by molar-refractivity contribution is 5.82. The minimum Gasteiger partial charge on any atom is -0.468 e. The molecule has 0 spiro atoms. The molecule has 1 saturated carbocycles. The van der Waals surface area contributed by atoms with E-state index in [0.717, 1.165) is 18.9 Å². The van der Waals surface area contributed by atoms with Crippen LogP contribution in [0.3, 0.4) is 0 Å². The van der Waals surface area contributed by atoms with Gasteiger partial charge in [0.15, 0.2) is 0 Å². The third-order valence-electron chi connectivity index (χ3n) is 4.42. The molecule has 0 bridgehead atoms. The Hall–Kier alpha value is -1.06. The lowest BCUT2D eigenvalue weighted by Gasteiger charge is -2.36. The number of nitrogens with zero attached hydrogens (tertiary/aromatic N) is 1. The summed E-state index contributed by atoms with van der Waals surface area (Å²) in [5, 5.41) is 0. The summed E-state index contributed by atoms with van der Waals surface area (Å²) in [4.78, 5) is 24.9. The number of ether oxygens (including phenoxy) is 1. The summed E-state index contributed by atoms with van der Waals surface area (Å²) >= 11 is 0. The molecule has 18 heavy (non-hydrogen) atoms. The molecule has 1 amide bonds. The van der Waals surface area contributed by atoms with Crippen LogP contribution in [0.25, 0.3) is 0 Å². The molecule has 0 aromatic heterocycles. The fourth-order valence-electron chi connectivity index (χ4n) is 3.30. The molecule has 0 aromatic rings. The molecule has 4 nitrogen and oxygen atoms in total. The Labute approximate surface area is 109 Å². The second kappa shape index (κ2) is 6.21. The van der Waals surface area contributed by atoms with Gasteiger partial charge in [0.1, 0.15) is 6.54 Å². The topological polar surface area (TPSA) is 46.6 Å². The van der Waals surface area contributed by atoms with Crippen LogP contribution in [0.4, 0.5) is 0 Å².